The fraction of sp³-hybridized carbons (Fsp3) is 0.455. The van der Waals surface area contributed by atoms with E-state index < -0.39 is 0 Å². The molecule has 4 heteroatoms. The van der Waals surface area contributed by atoms with Crippen molar-refractivity contribution in [1.29, 1.82) is 0 Å². The smallest absolute Gasteiger partial charge is 0.165 e. The second-order valence-electron chi connectivity index (χ2n) is 7.09. The minimum atomic E-state index is 0.156. The first-order valence-corrected chi connectivity index (χ1v) is 9.41. The van der Waals surface area contributed by atoms with E-state index in [9.17, 15) is 0 Å². The average molecular weight is 354 g/mol. The predicted octanol–water partition coefficient (Wildman–Crippen LogP) is 3.82. The molecule has 0 saturated carbocycles. The van der Waals surface area contributed by atoms with E-state index in [4.69, 9.17) is 9.47 Å². The highest BCUT2D eigenvalue weighted by Crippen LogP contribution is 2.40. The lowest BCUT2D eigenvalue weighted by Crippen LogP contribution is -2.45. The summed E-state index contributed by atoms with van der Waals surface area (Å²) >= 11 is 0. The van der Waals surface area contributed by atoms with Crippen LogP contribution in [0.1, 0.15) is 42.5 Å². The van der Waals surface area contributed by atoms with Gasteiger partial charge in [0.25, 0.3) is 0 Å². The van der Waals surface area contributed by atoms with E-state index in [1.807, 2.05) is 12.1 Å². The summed E-state index contributed by atoms with van der Waals surface area (Å²) in [4.78, 5) is 2.53. The van der Waals surface area contributed by atoms with Crippen LogP contribution >= 0.6 is 0 Å². The van der Waals surface area contributed by atoms with Crippen molar-refractivity contribution in [1.82, 2.24) is 10.2 Å². The number of rotatable bonds is 6. The summed E-state index contributed by atoms with van der Waals surface area (Å²) in [5.74, 6) is 2.14. The Labute approximate surface area is 157 Å². The Morgan fingerprint density at radius 1 is 0.885 bits per heavy atom. The Balaban J connectivity index is 2.06. The molecule has 1 saturated heterocycles. The molecule has 3 rings (SSSR count). The Kier molecular flexibility index (Phi) is 6.17. The minimum absolute atomic E-state index is 0.156. The first-order valence-electron chi connectivity index (χ1n) is 9.41. The number of hydrogen-bond acceptors (Lipinski definition) is 4. The molecule has 2 aromatic carbocycles. The largest absolute Gasteiger partial charge is 0.493 e. The van der Waals surface area contributed by atoms with E-state index in [2.05, 4.69) is 54.4 Å². The van der Waals surface area contributed by atoms with Crippen molar-refractivity contribution < 1.29 is 9.47 Å². The van der Waals surface area contributed by atoms with Crippen molar-refractivity contribution in [2.24, 2.45) is 0 Å². The molecule has 1 N–H and O–H groups in total. The fourth-order valence-electron chi connectivity index (χ4n) is 3.72. The second kappa shape index (κ2) is 8.56. The summed E-state index contributed by atoms with van der Waals surface area (Å²) in [7, 11) is 3.41. The molecule has 1 fully saturated rings. The zero-order valence-corrected chi connectivity index (χ0v) is 16.3. The van der Waals surface area contributed by atoms with Crippen LogP contribution in [0.5, 0.6) is 11.5 Å². The minimum Gasteiger partial charge on any atom is -0.493 e. The highest BCUT2D eigenvalue weighted by Gasteiger charge is 2.27. The molecular formula is C22H30N2O2. The van der Waals surface area contributed by atoms with Gasteiger partial charge < -0.3 is 14.8 Å². The first kappa shape index (κ1) is 18.7. The lowest BCUT2D eigenvalue weighted by atomic mass is 9.93. The predicted molar refractivity (Wildman–Crippen MR) is 106 cm³/mol. The van der Waals surface area contributed by atoms with Crippen molar-refractivity contribution in [3.63, 3.8) is 0 Å². The van der Waals surface area contributed by atoms with Crippen LogP contribution in [0.3, 0.4) is 0 Å². The van der Waals surface area contributed by atoms with Gasteiger partial charge in [-0.05, 0) is 23.1 Å². The van der Waals surface area contributed by atoms with Gasteiger partial charge in [-0.1, -0.05) is 50.2 Å². The SMILES string of the molecule is COc1cccc(C(c2ccc(C(C)C)cc2)N2CCNCC2)c1OC. The van der Waals surface area contributed by atoms with Gasteiger partial charge in [0.2, 0.25) is 0 Å². The average Bonchev–Trinajstić information content (AvgIpc) is 2.69. The number of para-hydroxylation sites is 1. The van der Waals surface area contributed by atoms with Crippen LogP contribution < -0.4 is 14.8 Å². The Morgan fingerprint density at radius 2 is 1.54 bits per heavy atom. The number of nitrogens with one attached hydrogen (secondary N) is 1. The molecule has 1 atom stereocenters. The number of piperazine rings is 1. The monoisotopic (exact) mass is 354 g/mol. The van der Waals surface area contributed by atoms with Crippen LogP contribution in [0, 0.1) is 0 Å². The second-order valence-corrected chi connectivity index (χ2v) is 7.09. The van der Waals surface area contributed by atoms with Gasteiger partial charge >= 0.3 is 0 Å². The quantitative estimate of drug-likeness (QED) is 0.855. The topological polar surface area (TPSA) is 33.7 Å². The third-order valence-corrected chi connectivity index (χ3v) is 5.16. The zero-order chi connectivity index (χ0) is 18.5. The van der Waals surface area contributed by atoms with Crippen molar-refractivity contribution >= 4 is 0 Å². The molecular weight excluding hydrogens is 324 g/mol. The highest BCUT2D eigenvalue weighted by atomic mass is 16.5. The van der Waals surface area contributed by atoms with Crippen LogP contribution in [-0.2, 0) is 0 Å². The molecule has 4 nitrogen and oxygen atoms in total. The highest BCUT2D eigenvalue weighted by molar-refractivity contribution is 5.51. The molecule has 1 unspecified atom stereocenters. The van der Waals surface area contributed by atoms with Crippen molar-refractivity contribution in [3.05, 3.63) is 59.2 Å². The lowest BCUT2D eigenvalue weighted by molar-refractivity contribution is 0.194. The molecule has 0 bridgehead atoms. The van der Waals surface area contributed by atoms with Gasteiger partial charge in [0, 0.05) is 31.7 Å². The zero-order valence-electron chi connectivity index (χ0n) is 16.3. The summed E-state index contributed by atoms with van der Waals surface area (Å²) in [6.07, 6.45) is 0. The van der Waals surface area contributed by atoms with Crippen LogP contribution in [-0.4, -0.2) is 45.3 Å². The molecule has 1 aliphatic rings. The van der Waals surface area contributed by atoms with Gasteiger partial charge in [-0.3, -0.25) is 4.90 Å². The molecule has 0 amide bonds. The number of nitrogens with zero attached hydrogens (tertiary/aromatic N) is 1. The molecule has 26 heavy (non-hydrogen) atoms. The first-order chi connectivity index (χ1) is 12.7. The van der Waals surface area contributed by atoms with Gasteiger partial charge in [-0.15, -0.1) is 0 Å². The van der Waals surface area contributed by atoms with Crippen molar-refractivity contribution in [2.45, 2.75) is 25.8 Å². The number of benzene rings is 2. The standard InChI is InChI=1S/C22H30N2O2/c1-16(2)17-8-10-18(11-9-17)21(24-14-12-23-13-15-24)19-6-5-7-20(25-3)22(19)26-4/h5-11,16,21,23H,12-15H2,1-4H3. The van der Waals surface area contributed by atoms with Gasteiger partial charge in [0.15, 0.2) is 11.5 Å². The van der Waals surface area contributed by atoms with Gasteiger partial charge in [0.1, 0.15) is 0 Å². The van der Waals surface area contributed by atoms with Crippen LogP contribution in [0.15, 0.2) is 42.5 Å². The van der Waals surface area contributed by atoms with Gasteiger partial charge in [0.05, 0.1) is 20.3 Å². The Morgan fingerprint density at radius 3 is 2.12 bits per heavy atom. The summed E-state index contributed by atoms with van der Waals surface area (Å²) < 4.78 is 11.3. The van der Waals surface area contributed by atoms with Gasteiger partial charge in [-0.25, -0.2) is 0 Å². The molecule has 2 aromatic rings. The van der Waals surface area contributed by atoms with Crippen molar-refractivity contribution in [3.8, 4) is 11.5 Å². The molecule has 0 spiro atoms. The fourth-order valence-corrected chi connectivity index (χ4v) is 3.72. The Bertz CT molecular complexity index is 707. The molecule has 1 heterocycles. The number of ether oxygens (including phenoxy) is 2. The van der Waals surface area contributed by atoms with Crippen LogP contribution in [0.25, 0.3) is 0 Å². The number of hydrogen-bond donors (Lipinski definition) is 1. The summed E-state index contributed by atoms with van der Waals surface area (Å²) in [6, 6.07) is 15.4. The van der Waals surface area contributed by atoms with E-state index in [1.165, 1.54) is 11.1 Å². The summed E-state index contributed by atoms with van der Waals surface area (Å²) in [6.45, 7) is 8.50. The van der Waals surface area contributed by atoms with E-state index in [-0.39, 0.29) is 6.04 Å². The Hall–Kier alpha value is -2.04. The maximum Gasteiger partial charge on any atom is 0.165 e. The van der Waals surface area contributed by atoms with Crippen LogP contribution in [0.2, 0.25) is 0 Å². The van der Waals surface area contributed by atoms with E-state index in [0.29, 0.717) is 5.92 Å². The maximum absolute atomic E-state index is 5.76. The molecule has 0 aromatic heterocycles. The van der Waals surface area contributed by atoms with E-state index >= 15 is 0 Å². The summed E-state index contributed by atoms with van der Waals surface area (Å²) in [5.41, 5.74) is 3.82. The maximum atomic E-state index is 5.76. The third kappa shape index (κ3) is 3.87. The van der Waals surface area contributed by atoms with Gasteiger partial charge in [-0.2, -0.15) is 0 Å². The summed E-state index contributed by atoms with van der Waals surface area (Å²) in [5, 5.41) is 3.45. The van der Waals surface area contributed by atoms with Crippen molar-refractivity contribution in [2.75, 3.05) is 40.4 Å². The van der Waals surface area contributed by atoms with E-state index in [0.717, 1.165) is 43.2 Å². The van der Waals surface area contributed by atoms with E-state index in [1.54, 1.807) is 14.2 Å². The normalized spacial score (nSPS) is 16.5. The molecule has 0 radical (unpaired) electrons. The molecule has 140 valence electrons. The molecule has 0 aliphatic carbocycles. The van der Waals surface area contributed by atoms with Crippen LogP contribution in [0.4, 0.5) is 0 Å². The third-order valence-electron chi connectivity index (χ3n) is 5.16. The molecule has 1 aliphatic heterocycles. The number of methoxy groups -OCH3 is 2. The lowest BCUT2D eigenvalue weighted by Gasteiger charge is -2.36.